The van der Waals surface area contributed by atoms with E-state index in [1.165, 1.54) is 0 Å². The minimum Gasteiger partial charge on any atom is -0.272 e. The lowest BCUT2D eigenvalue weighted by atomic mass is 10.1. The molecule has 0 fully saturated rings. The molecule has 1 amide bonds. The smallest absolute Gasteiger partial charge is 0.272 e. The number of hydrogen-bond acceptors (Lipinski definition) is 4. The van der Waals surface area contributed by atoms with E-state index in [1.54, 1.807) is 23.6 Å². The monoisotopic (exact) mass is 374 g/mol. The lowest BCUT2D eigenvalue weighted by Gasteiger charge is -1.95. The molecule has 110 valence electrons. The molecule has 0 radical (unpaired) electrons. The van der Waals surface area contributed by atoms with Crippen LogP contribution in [0.3, 0.4) is 0 Å². The Labute approximate surface area is 139 Å². The zero-order chi connectivity index (χ0) is 15.4. The van der Waals surface area contributed by atoms with E-state index in [2.05, 4.69) is 36.7 Å². The number of hydrogen-bond donors (Lipinski definition) is 2. The zero-order valence-electron chi connectivity index (χ0n) is 11.3. The molecule has 22 heavy (non-hydrogen) atoms. The number of aromatic nitrogens is 2. The second-order valence-corrected chi connectivity index (χ2v) is 6.28. The zero-order valence-corrected chi connectivity index (χ0v) is 13.7. The van der Waals surface area contributed by atoms with Crippen molar-refractivity contribution >= 4 is 39.4 Å². The third kappa shape index (κ3) is 3.49. The third-order valence-corrected chi connectivity index (χ3v) is 4.20. The molecular formula is C15H11BrN4OS. The Bertz CT molecular complexity index is 793. The summed E-state index contributed by atoms with van der Waals surface area (Å²) >= 11 is 4.93. The van der Waals surface area contributed by atoms with Crippen molar-refractivity contribution in [2.45, 2.75) is 0 Å². The Kier molecular flexibility index (Phi) is 4.45. The molecule has 0 aliphatic carbocycles. The van der Waals surface area contributed by atoms with Crippen LogP contribution in [-0.2, 0) is 0 Å². The Balaban J connectivity index is 1.68. The topological polar surface area (TPSA) is 70.1 Å². The molecule has 0 aliphatic heterocycles. The van der Waals surface area contributed by atoms with E-state index in [1.807, 2.05) is 41.8 Å². The third-order valence-electron chi connectivity index (χ3n) is 2.86. The van der Waals surface area contributed by atoms with Gasteiger partial charge >= 0.3 is 0 Å². The molecule has 0 spiro atoms. The average Bonchev–Trinajstić information content (AvgIpc) is 3.19. The van der Waals surface area contributed by atoms with Crippen molar-refractivity contribution in [2.75, 3.05) is 0 Å². The lowest BCUT2D eigenvalue weighted by Crippen LogP contribution is -2.17. The molecule has 2 N–H and O–H groups in total. The van der Waals surface area contributed by atoms with Gasteiger partial charge < -0.3 is 0 Å². The highest BCUT2D eigenvalue weighted by molar-refractivity contribution is 9.10. The van der Waals surface area contributed by atoms with E-state index in [9.17, 15) is 4.79 Å². The first-order valence-corrected chi connectivity index (χ1v) is 8.08. The Morgan fingerprint density at radius 2 is 2.14 bits per heavy atom. The summed E-state index contributed by atoms with van der Waals surface area (Å²) < 4.78 is 0.993. The number of hydrazone groups is 1. The van der Waals surface area contributed by atoms with Crippen molar-refractivity contribution in [1.29, 1.82) is 0 Å². The summed E-state index contributed by atoms with van der Waals surface area (Å²) in [7, 11) is 0. The van der Waals surface area contributed by atoms with E-state index in [-0.39, 0.29) is 5.91 Å². The molecule has 0 unspecified atom stereocenters. The number of amides is 1. The molecule has 3 aromatic rings. The Morgan fingerprint density at radius 3 is 2.86 bits per heavy atom. The molecule has 0 aliphatic rings. The summed E-state index contributed by atoms with van der Waals surface area (Å²) in [6, 6.07) is 13.2. The van der Waals surface area contributed by atoms with E-state index in [0.29, 0.717) is 11.4 Å². The minimum absolute atomic E-state index is 0.330. The first kappa shape index (κ1) is 14.7. The van der Waals surface area contributed by atoms with Crippen LogP contribution in [0.2, 0.25) is 0 Å². The maximum absolute atomic E-state index is 12.0. The van der Waals surface area contributed by atoms with Gasteiger partial charge in [-0.25, -0.2) is 5.43 Å². The fraction of sp³-hybridized carbons (Fsp3) is 0. The summed E-state index contributed by atoms with van der Waals surface area (Å²) in [5, 5.41) is 12.7. The molecule has 1 aromatic carbocycles. The highest BCUT2D eigenvalue weighted by Gasteiger charge is 2.10. The average molecular weight is 375 g/mol. The molecule has 3 rings (SSSR count). The summed E-state index contributed by atoms with van der Waals surface area (Å²) in [6.45, 7) is 0. The molecule has 0 atom stereocenters. The van der Waals surface area contributed by atoms with E-state index in [0.717, 1.165) is 14.9 Å². The molecule has 0 bridgehead atoms. The summed E-state index contributed by atoms with van der Waals surface area (Å²) in [4.78, 5) is 12.9. The highest BCUT2D eigenvalue weighted by atomic mass is 79.9. The van der Waals surface area contributed by atoms with Gasteiger partial charge in [-0.3, -0.25) is 9.89 Å². The highest BCUT2D eigenvalue weighted by Crippen LogP contribution is 2.20. The standard InChI is InChI=1S/C15H11BrN4OS/c16-11-5-3-10(4-6-11)13-8-14(19-18-13)15(21)20-17-9-12-2-1-7-22-12/h1-9H,(H,18,19)(H,20,21)/b17-9-. The van der Waals surface area contributed by atoms with Gasteiger partial charge in [-0.1, -0.05) is 34.1 Å². The normalized spacial score (nSPS) is 11.0. The molecule has 7 heteroatoms. The van der Waals surface area contributed by atoms with Crippen LogP contribution >= 0.6 is 27.3 Å². The van der Waals surface area contributed by atoms with E-state index >= 15 is 0 Å². The number of nitrogens with zero attached hydrogens (tertiary/aromatic N) is 2. The number of aromatic amines is 1. The molecule has 0 saturated heterocycles. The summed E-state index contributed by atoms with van der Waals surface area (Å²) in [6.07, 6.45) is 1.61. The summed E-state index contributed by atoms with van der Waals surface area (Å²) in [5.74, 6) is -0.330. The Morgan fingerprint density at radius 1 is 1.32 bits per heavy atom. The fourth-order valence-electron chi connectivity index (χ4n) is 1.79. The second-order valence-electron chi connectivity index (χ2n) is 4.39. The number of nitrogens with one attached hydrogen (secondary N) is 2. The largest absolute Gasteiger partial charge is 0.289 e. The maximum atomic E-state index is 12.0. The van der Waals surface area contributed by atoms with Crippen LogP contribution in [0.15, 0.2) is 57.4 Å². The van der Waals surface area contributed by atoms with Gasteiger partial charge in [0.15, 0.2) is 0 Å². The number of benzene rings is 1. The van der Waals surface area contributed by atoms with Gasteiger partial charge in [0.05, 0.1) is 11.9 Å². The van der Waals surface area contributed by atoms with Crippen molar-refractivity contribution in [3.8, 4) is 11.3 Å². The SMILES string of the molecule is O=C(N/N=C\c1cccs1)c1cc(-c2ccc(Br)cc2)n[nH]1. The number of carbonyl (C=O) groups is 1. The van der Waals surface area contributed by atoms with Gasteiger partial charge in [-0.2, -0.15) is 10.2 Å². The van der Waals surface area contributed by atoms with Crippen molar-refractivity contribution in [3.05, 3.63) is 62.9 Å². The first-order valence-electron chi connectivity index (χ1n) is 6.40. The first-order chi connectivity index (χ1) is 10.7. The van der Waals surface area contributed by atoms with Gasteiger partial charge in [0.1, 0.15) is 5.69 Å². The van der Waals surface area contributed by atoms with Crippen LogP contribution in [-0.4, -0.2) is 22.3 Å². The van der Waals surface area contributed by atoms with E-state index in [4.69, 9.17) is 0 Å². The predicted molar refractivity (Wildman–Crippen MR) is 91.1 cm³/mol. The number of thiophene rings is 1. The van der Waals surface area contributed by atoms with Crippen LogP contribution in [0.5, 0.6) is 0 Å². The van der Waals surface area contributed by atoms with Gasteiger partial charge in [0.2, 0.25) is 0 Å². The van der Waals surface area contributed by atoms with Gasteiger partial charge in [0, 0.05) is 14.9 Å². The van der Waals surface area contributed by atoms with Crippen molar-refractivity contribution < 1.29 is 4.79 Å². The number of halogens is 1. The maximum Gasteiger partial charge on any atom is 0.289 e. The van der Waals surface area contributed by atoms with Gasteiger partial charge in [-0.15, -0.1) is 11.3 Å². The molecular weight excluding hydrogens is 364 g/mol. The molecule has 2 heterocycles. The van der Waals surface area contributed by atoms with Gasteiger partial charge in [-0.05, 0) is 29.6 Å². The summed E-state index contributed by atoms with van der Waals surface area (Å²) in [5.41, 5.74) is 4.47. The van der Waals surface area contributed by atoms with Gasteiger partial charge in [0.25, 0.3) is 5.91 Å². The fourth-order valence-corrected chi connectivity index (χ4v) is 2.64. The van der Waals surface area contributed by atoms with Crippen LogP contribution in [0.4, 0.5) is 0 Å². The number of rotatable bonds is 4. The second kappa shape index (κ2) is 6.67. The van der Waals surface area contributed by atoms with Crippen molar-refractivity contribution in [1.82, 2.24) is 15.6 Å². The van der Waals surface area contributed by atoms with Crippen LogP contribution < -0.4 is 5.43 Å². The Hall–Kier alpha value is -2.25. The number of carbonyl (C=O) groups excluding carboxylic acids is 1. The molecule has 2 aromatic heterocycles. The molecule has 5 nitrogen and oxygen atoms in total. The van der Waals surface area contributed by atoms with Crippen LogP contribution in [0.1, 0.15) is 15.4 Å². The van der Waals surface area contributed by atoms with Crippen LogP contribution in [0, 0.1) is 0 Å². The van der Waals surface area contributed by atoms with Crippen LogP contribution in [0.25, 0.3) is 11.3 Å². The van der Waals surface area contributed by atoms with E-state index < -0.39 is 0 Å². The quantitative estimate of drug-likeness (QED) is 0.540. The molecule has 0 saturated carbocycles. The number of H-pyrrole nitrogens is 1. The van der Waals surface area contributed by atoms with Crippen molar-refractivity contribution in [2.24, 2.45) is 5.10 Å². The lowest BCUT2D eigenvalue weighted by molar-refractivity contribution is 0.0950. The van der Waals surface area contributed by atoms with Crippen molar-refractivity contribution in [3.63, 3.8) is 0 Å². The predicted octanol–water partition coefficient (Wildman–Crippen LogP) is 3.66. The minimum atomic E-state index is -0.330.